The van der Waals surface area contributed by atoms with Crippen molar-refractivity contribution in [3.8, 4) is 11.5 Å². The fourth-order valence-electron chi connectivity index (χ4n) is 1.85. The van der Waals surface area contributed by atoms with Gasteiger partial charge in [-0.05, 0) is 24.3 Å². The SMILES string of the molecule is CN=C(NCCOc1ccccc1)NCCOc1cccnc1.I. The third kappa shape index (κ3) is 8.00. The van der Waals surface area contributed by atoms with Crippen LogP contribution in [0.5, 0.6) is 11.5 Å². The number of rotatable bonds is 8. The summed E-state index contributed by atoms with van der Waals surface area (Å²) in [5.74, 6) is 2.34. The van der Waals surface area contributed by atoms with Crippen LogP contribution in [0, 0.1) is 0 Å². The molecule has 7 heteroatoms. The molecule has 0 unspecified atom stereocenters. The van der Waals surface area contributed by atoms with E-state index in [1.54, 1.807) is 19.4 Å². The van der Waals surface area contributed by atoms with Crippen molar-refractivity contribution in [1.29, 1.82) is 0 Å². The van der Waals surface area contributed by atoms with Crippen LogP contribution in [0.15, 0.2) is 59.9 Å². The average molecular weight is 442 g/mol. The molecule has 0 saturated heterocycles. The van der Waals surface area contributed by atoms with Crippen LogP contribution >= 0.6 is 24.0 Å². The minimum absolute atomic E-state index is 0. The molecule has 2 aromatic rings. The Labute approximate surface area is 159 Å². The maximum absolute atomic E-state index is 5.61. The highest BCUT2D eigenvalue weighted by atomic mass is 127. The van der Waals surface area contributed by atoms with Crippen LogP contribution in [0.2, 0.25) is 0 Å². The Hall–Kier alpha value is -2.03. The standard InChI is InChI=1S/C17H22N4O2.HI/c1-18-17(20-10-12-22-15-6-3-2-4-7-15)21-11-13-23-16-8-5-9-19-14-16;/h2-9,14H,10-13H2,1H3,(H2,18,20,21);1H. The summed E-state index contributed by atoms with van der Waals surface area (Å²) in [5, 5.41) is 6.36. The first kappa shape index (κ1) is 20.0. The second-order valence-corrected chi connectivity index (χ2v) is 4.62. The van der Waals surface area contributed by atoms with Crippen molar-refractivity contribution in [1.82, 2.24) is 15.6 Å². The molecule has 1 heterocycles. The minimum atomic E-state index is 0. The van der Waals surface area contributed by atoms with E-state index < -0.39 is 0 Å². The lowest BCUT2D eigenvalue weighted by Gasteiger charge is -2.13. The van der Waals surface area contributed by atoms with E-state index in [-0.39, 0.29) is 24.0 Å². The smallest absolute Gasteiger partial charge is 0.191 e. The lowest BCUT2D eigenvalue weighted by molar-refractivity contribution is 0.316. The van der Waals surface area contributed by atoms with E-state index in [9.17, 15) is 0 Å². The number of pyridine rings is 1. The Kier molecular flexibility index (Phi) is 10.3. The van der Waals surface area contributed by atoms with Gasteiger partial charge in [-0.3, -0.25) is 9.98 Å². The zero-order valence-electron chi connectivity index (χ0n) is 13.6. The highest BCUT2D eigenvalue weighted by molar-refractivity contribution is 14.0. The van der Waals surface area contributed by atoms with Crippen LogP contribution in [0.1, 0.15) is 0 Å². The van der Waals surface area contributed by atoms with Crippen molar-refractivity contribution in [2.45, 2.75) is 0 Å². The molecule has 0 aliphatic heterocycles. The predicted molar refractivity (Wildman–Crippen MR) is 106 cm³/mol. The number of halogens is 1. The van der Waals surface area contributed by atoms with Crippen molar-refractivity contribution in [3.05, 3.63) is 54.9 Å². The summed E-state index contributed by atoms with van der Waals surface area (Å²) in [5.41, 5.74) is 0. The van der Waals surface area contributed by atoms with Crippen molar-refractivity contribution < 1.29 is 9.47 Å². The molecule has 0 saturated carbocycles. The van der Waals surface area contributed by atoms with Crippen LogP contribution in [-0.2, 0) is 0 Å². The van der Waals surface area contributed by atoms with Crippen LogP contribution in [0.25, 0.3) is 0 Å². The second-order valence-electron chi connectivity index (χ2n) is 4.62. The van der Waals surface area contributed by atoms with Crippen LogP contribution in [-0.4, -0.2) is 44.3 Å². The molecular weight excluding hydrogens is 419 g/mol. The molecule has 0 radical (unpaired) electrons. The molecule has 0 spiro atoms. The minimum Gasteiger partial charge on any atom is -0.492 e. The van der Waals surface area contributed by atoms with Gasteiger partial charge in [-0.1, -0.05) is 18.2 Å². The van der Waals surface area contributed by atoms with Crippen LogP contribution < -0.4 is 20.1 Å². The Bertz CT molecular complexity index is 532. The van der Waals surface area contributed by atoms with Gasteiger partial charge in [-0.2, -0.15) is 0 Å². The molecule has 0 fully saturated rings. The van der Waals surface area contributed by atoms with Crippen molar-refractivity contribution in [2.24, 2.45) is 4.99 Å². The van der Waals surface area contributed by atoms with Gasteiger partial charge in [0, 0.05) is 13.2 Å². The first-order chi connectivity index (χ1) is 11.4. The summed E-state index contributed by atoms with van der Waals surface area (Å²) in [7, 11) is 1.73. The molecule has 2 rings (SSSR count). The van der Waals surface area contributed by atoms with Crippen molar-refractivity contribution >= 4 is 29.9 Å². The van der Waals surface area contributed by atoms with Crippen molar-refractivity contribution in [3.63, 3.8) is 0 Å². The van der Waals surface area contributed by atoms with Gasteiger partial charge in [0.1, 0.15) is 24.7 Å². The van der Waals surface area contributed by atoms with E-state index in [0.29, 0.717) is 26.3 Å². The molecule has 0 bridgehead atoms. The third-order valence-electron chi connectivity index (χ3n) is 2.93. The molecular formula is C17H23IN4O2. The number of nitrogens with one attached hydrogen (secondary N) is 2. The monoisotopic (exact) mass is 442 g/mol. The van der Waals surface area contributed by atoms with Gasteiger partial charge in [0.15, 0.2) is 5.96 Å². The normalized spacial score (nSPS) is 10.5. The van der Waals surface area contributed by atoms with Crippen molar-refractivity contribution in [2.75, 3.05) is 33.4 Å². The molecule has 6 nitrogen and oxygen atoms in total. The fourth-order valence-corrected chi connectivity index (χ4v) is 1.85. The molecule has 130 valence electrons. The van der Waals surface area contributed by atoms with E-state index in [0.717, 1.165) is 17.5 Å². The number of ether oxygens (including phenoxy) is 2. The molecule has 1 aromatic carbocycles. The predicted octanol–water partition coefficient (Wildman–Crippen LogP) is 2.32. The zero-order chi connectivity index (χ0) is 16.2. The maximum Gasteiger partial charge on any atom is 0.191 e. The Morgan fingerprint density at radius 2 is 1.58 bits per heavy atom. The highest BCUT2D eigenvalue weighted by Gasteiger charge is 1.98. The van der Waals surface area contributed by atoms with Gasteiger partial charge in [-0.25, -0.2) is 0 Å². The van der Waals surface area contributed by atoms with E-state index in [1.807, 2.05) is 42.5 Å². The quantitative estimate of drug-likeness (QED) is 0.284. The highest BCUT2D eigenvalue weighted by Crippen LogP contribution is 2.07. The molecule has 0 atom stereocenters. The summed E-state index contributed by atoms with van der Waals surface area (Å²) < 4.78 is 11.2. The van der Waals surface area contributed by atoms with Crippen LogP contribution in [0.4, 0.5) is 0 Å². The maximum atomic E-state index is 5.61. The number of aliphatic imine (C=N–C) groups is 1. The molecule has 0 amide bonds. The topological polar surface area (TPSA) is 67.8 Å². The summed E-state index contributed by atoms with van der Waals surface area (Å²) >= 11 is 0. The van der Waals surface area contributed by atoms with E-state index in [2.05, 4.69) is 20.6 Å². The largest absolute Gasteiger partial charge is 0.492 e. The molecule has 0 aliphatic carbocycles. The number of para-hydroxylation sites is 1. The number of benzene rings is 1. The molecule has 2 N–H and O–H groups in total. The number of aromatic nitrogens is 1. The van der Waals surface area contributed by atoms with Gasteiger partial charge in [0.05, 0.1) is 19.3 Å². The van der Waals surface area contributed by atoms with Gasteiger partial charge < -0.3 is 20.1 Å². The zero-order valence-corrected chi connectivity index (χ0v) is 16.0. The number of nitrogens with zero attached hydrogens (tertiary/aromatic N) is 2. The number of hydrogen-bond donors (Lipinski definition) is 2. The average Bonchev–Trinajstić information content (AvgIpc) is 2.62. The number of guanidine groups is 1. The third-order valence-corrected chi connectivity index (χ3v) is 2.93. The van der Waals surface area contributed by atoms with Crippen LogP contribution in [0.3, 0.4) is 0 Å². The second kappa shape index (κ2) is 12.4. The summed E-state index contributed by atoms with van der Waals surface area (Å²) in [6.45, 7) is 2.41. The Balaban J connectivity index is 0.00000288. The Morgan fingerprint density at radius 1 is 0.958 bits per heavy atom. The van der Waals surface area contributed by atoms with Gasteiger partial charge in [0.2, 0.25) is 0 Å². The Morgan fingerprint density at radius 3 is 2.17 bits per heavy atom. The molecule has 0 aliphatic rings. The summed E-state index contributed by atoms with van der Waals surface area (Å²) in [6.07, 6.45) is 3.41. The lowest BCUT2D eigenvalue weighted by atomic mass is 10.3. The first-order valence-electron chi connectivity index (χ1n) is 7.53. The number of hydrogen-bond acceptors (Lipinski definition) is 4. The van der Waals surface area contributed by atoms with E-state index >= 15 is 0 Å². The summed E-state index contributed by atoms with van der Waals surface area (Å²) in [6, 6.07) is 13.4. The summed E-state index contributed by atoms with van der Waals surface area (Å²) in [4.78, 5) is 8.14. The van der Waals surface area contributed by atoms with Gasteiger partial charge in [-0.15, -0.1) is 24.0 Å². The van der Waals surface area contributed by atoms with Gasteiger partial charge in [0.25, 0.3) is 0 Å². The fraction of sp³-hybridized carbons (Fsp3) is 0.294. The first-order valence-corrected chi connectivity index (χ1v) is 7.53. The van der Waals surface area contributed by atoms with Gasteiger partial charge >= 0.3 is 0 Å². The van der Waals surface area contributed by atoms with E-state index in [4.69, 9.17) is 9.47 Å². The lowest BCUT2D eigenvalue weighted by Crippen LogP contribution is -2.40. The van der Waals surface area contributed by atoms with E-state index in [1.165, 1.54) is 0 Å². The molecule has 1 aromatic heterocycles. The molecule has 24 heavy (non-hydrogen) atoms.